The molecule has 3 fully saturated rings. The number of nitrogens with zero attached hydrogens (tertiary/aromatic N) is 1. The summed E-state index contributed by atoms with van der Waals surface area (Å²) < 4.78 is 0. The number of carboxylic acids is 1. The van der Waals surface area contributed by atoms with E-state index in [1.807, 2.05) is 4.90 Å². The number of rotatable bonds is 2. The molecule has 1 N–H and O–H groups in total. The molecular weight excluding hydrogens is 254 g/mol. The number of carbonyl (C=O) groups excluding carboxylic acids is 1. The highest BCUT2D eigenvalue weighted by Crippen LogP contribution is 2.69. The molecule has 1 aliphatic heterocycles. The van der Waals surface area contributed by atoms with Gasteiger partial charge in [0.1, 0.15) is 0 Å². The first-order valence-electron chi connectivity index (χ1n) is 7.65. The van der Waals surface area contributed by atoms with E-state index in [1.54, 1.807) is 0 Å². The van der Waals surface area contributed by atoms with Gasteiger partial charge in [0, 0.05) is 19.0 Å². The number of piperidine rings is 1. The summed E-state index contributed by atoms with van der Waals surface area (Å²) in [4.78, 5) is 25.7. The minimum atomic E-state index is -0.658. The summed E-state index contributed by atoms with van der Waals surface area (Å²) in [6, 6.07) is 0. The lowest BCUT2D eigenvalue weighted by Gasteiger charge is -2.33. The third-order valence-corrected chi connectivity index (χ3v) is 6.83. The van der Waals surface area contributed by atoms with Crippen molar-refractivity contribution < 1.29 is 14.7 Å². The van der Waals surface area contributed by atoms with Crippen LogP contribution in [0.15, 0.2) is 0 Å². The first kappa shape index (κ1) is 13.9. The van der Waals surface area contributed by atoms with E-state index >= 15 is 0 Å². The highest BCUT2D eigenvalue weighted by atomic mass is 16.4. The number of carbonyl (C=O) groups is 2. The molecule has 0 aromatic carbocycles. The van der Waals surface area contributed by atoms with Crippen LogP contribution < -0.4 is 0 Å². The smallest absolute Gasteiger partial charge is 0.307 e. The number of likely N-dealkylation sites (tertiary alicyclic amines) is 1. The molecule has 4 heteroatoms. The largest absolute Gasteiger partial charge is 0.481 e. The fourth-order valence-electron chi connectivity index (χ4n) is 4.42. The van der Waals surface area contributed by atoms with Gasteiger partial charge < -0.3 is 10.0 Å². The highest BCUT2D eigenvalue weighted by molar-refractivity contribution is 5.84. The molecule has 1 heterocycles. The van der Waals surface area contributed by atoms with Crippen molar-refractivity contribution in [2.45, 2.75) is 47.0 Å². The van der Waals surface area contributed by atoms with E-state index < -0.39 is 5.97 Å². The van der Waals surface area contributed by atoms with E-state index in [1.165, 1.54) is 0 Å². The van der Waals surface area contributed by atoms with Gasteiger partial charge in [-0.3, -0.25) is 9.59 Å². The Morgan fingerprint density at radius 2 is 1.55 bits per heavy atom. The molecule has 1 saturated heterocycles. The van der Waals surface area contributed by atoms with Crippen LogP contribution in [0.5, 0.6) is 0 Å². The van der Waals surface area contributed by atoms with Gasteiger partial charge in [0.15, 0.2) is 0 Å². The molecule has 1 atom stereocenters. The summed E-state index contributed by atoms with van der Waals surface area (Å²) in [6.07, 6.45) is 2.54. The average molecular weight is 279 g/mol. The fraction of sp³-hybridized carbons (Fsp3) is 0.875. The predicted molar refractivity (Wildman–Crippen MR) is 75.0 cm³/mol. The molecule has 1 spiro atoms. The molecule has 4 nitrogen and oxygen atoms in total. The van der Waals surface area contributed by atoms with E-state index in [9.17, 15) is 9.59 Å². The van der Waals surface area contributed by atoms with Crippen molar-refractivity contribution in [1.29, 1.82) is 0 Å². The monoisotopic (exact) mass is 279 g/mol. The molecule has 0 bridgehead atoms. The lowest BCUT2D eigenvalue weighted by molar-refractivity contribution is -0.140. The van der Waals surface area contributed by atoms with Gasteiger partial charge in [-0.15, -0.1) is 0 Å². The molecule has 0 aromatic rings. The maximum atomic E-state index is 12.6. The van der Waals surface area contributed by atoms with Crippen molar-refractivity contribution in [3.63, 3.8) is 0 Å². The first-order valence-corrected chi connectivity index (χ1v) is 7.65. The lowest BCUT2D eigenvalue weighted by Crippen LogP contribution is -2.41. The zero-order valence-electron chi connectivity index (χ0n) is 12.9. The summed E-state index contributed by atoms with van der Waals surface area (Å²) in [5.74, 6) is -0.413. The summed E-state index contributed by atoms with van der Waals surface area (Å²) in [5.41, 5.74) is 0.183. The van der Waals surface area contributed by atoms with Crippen LogP contribution in [0.25, 0.3) is 0 Å². The van der Waals surface area contributed by atoms with E-state index in [0.717, 1.165) is 32.4 Å². The van der Waals surface area contributed by atoms with Crippen LogP contribution in [0.3, 0.4) is 0 Å². The second-order valence-corrected chi connectivity index (χ2v) is 8.16. The van der Waals surface area contributed by atoms with Gasteiger partial charge in [-0.05, 0) is 35.5 Å². The second kappa shape index (κ2) is 3.77. The Hall–Kier alpha value is -1.06. The Balaban J connectivity index is 1.60. The van der Waals surface area contributed by atoms with Crippen LogP contribution >= 0.6 is 0 Å². The standard InChI is InChI=1S/C16H25NO3/c1-14(2)11(15(14,3)4)12(18)17-7-5-16(6-8-17)9-10(16)13(19)20/h10-11H,5-9H2,1-4H3,(H,19,20). The van der Waals surface area contributed by atoms with Gasteiger partial charge in [-0.2, -0.15) is 0 Å². The third-order valence-electron chi connectivity index (χ3n) is 6.83. The van der Waals surface area contributed by atoms with Gasteiger partial charge >= 0.3 is 5.97 Å². The maximum absolute atomic E-state index is 12.6. The minimum absolute atomic E-state index is 0.0111. The minimum Gasteiger partial charge on any atom is -0.481 e. The Bertz CT molecular complexity index is 458. The summed E-state index contributed by atoms with van der Waals surface area (Å²) in [7, 11) is 0. The fourth-order valence-corrected chi connectivity index (χ4v) is 4.42. The molecule has 3 aliphatic rings. The molecular formula is C16H25NO3. The number of aliphatic carboxylic acids is 1. The molecule has 0 aromatic heterocycles. The van der Waals surface area contributed by atoms with Crippen molar-refractivity contribution in [2.24, 2.45) is 28.1 Å². The SMILES string of the molecule is CC1(C)C(C(=O)N2CCC3(CC2)CC3C(=O)O)C1(C)C. The lowest BCUT2D eigenvalue weighted by atomic mass is 9.90. The van der Waals surface area contributed by atoms with Gasteiger partial charge in [0.25, 0.3) is 0 Å². The number of carboxylic acid groups (broad SMARTS) is 1. The van der Waals surface area contributed by atoms with Gasteiger partial charge in [-0.25, -0.2) is 0 Å². The van der Waals surface area contributed by atoms with Gasteiger partial charge in [0.05, 0.1) is 5.92 Å². The Labute approximate surface area is 120 Å². The first-order chi connectivity index (χ1) is 9.13. The van der Waals surface area contributed by atoms with Crippen molar-refractivity contribution in [3.8, 4) is 0 Å². The number of hydrogen-bond donors (Lipinski definition) is 1. The van der Waals surface area contributed by atoms with E-state index in [2.05, 4.69) is 27.7 Å². The topological polar surface area (TPSA) is 57.6 Å². The van der Waals surface area contributed by atoms with Gasteiger partial charge in [-0.1, -0.05) is 27.7 Å². The van der Waals surface area contributed by atoms with Crippen LogP contribution in [-0.2, 0) is 9.59 Å². The highest BCUT2D eigenvalue weighted by Gasteiger charge is 2.69. The van der Waals surface area contributed by atoms with Crippen LogP contribution in [0.1, 0.15) is 47.0 Å². The van der Waals surface area contributed by atoms with Crippen molar-refractivity contribution in [2.75, 3.05) is 13.1 Å². The zero-order chi connectivity index (χ0) is 14.9. The second-order valence-electron chi connectivity index (χ2n) is 8.16. The Kier molecular flexibility index (Phi) is 2.62. The van der Waals surface area contributed by atoms with Gasteiger partial charge in [0.2, 0.25) is 5.91 Å². The van der Waals surface area contributed by atoms with E-state index in [4.69, 9.17) is 5.11 Å². The van der Waals surface area contributed by atoms with E-state index in [0.29, 0.717) is 0 Å². The van der Waals surface area contributed by atoms with E-state index in [-0.39, 0.29) is 34.0 Å². The van der Waals surface area contributed by atoms with Crippen molar-refractivity contribution in [1.82, 2.24) is 4.90 Å². The van der Waals surface area contributed by atoms with Crippen molar-refractivity contribution in [3.05, 3.63) is 0 Å². The van der Waals surface area contributed by atoms with Crippen molar-refractivity contribution >= 4 is 11.9 Å². The Morgan fingerprint density at radius 3 is 1.90 bits per heavy atom. The molecule has 1 unspecified atom stereocenters. The third kappa shape index (κ3) is 1.66. The summed E-state index contributed by atoms with van der Waals surface area (Å²) in [6.45, 7) is 10.2. The number of amides is 1. The molecule has 2 saturated carbocycles. The molecule has 20 heavy (non-hydrogen) atoms. The Morgan fingerprint density at radius 1 is 1.05 bits per heavy atom. The van der Waals surface area contributed by atoms with Crippen LogP contribution in [0, 0.1) is 28.1 Å². The van der Waals surface area contributed by atoms with Crippen LogP contribution in [0.4, 0.5) is 0 Å². The maximum Gasteiger partial charge on any atom is 0.307 e. The molecule has 1 amide bonds. The molecule has 112 valence electrons. The number of hydrogen-bond acceptors (Lipinski definition) is 2. The normalized spacial score (nSPS) is 33.0. The molecule has 0 radical (unpaired) electrons. The summed E-state index contributed by atoms with van der Waals surface area (Å²) in [5, 5.41) is 9.10. The predicted octanol–water partition coefficient (Wildman–Crippen LogP) is 2.38. The summed E-state index contributed by atoms with van der Waals surface area (Å²) >= 11 is 0. The van der Waals surface area contributed by atoms with Crippen LogP contribution in [-0.4, -0.2) is 35.0 Å². The molecule has 2 aliphatic carbocycles. The molecule has 3 rings (SSSR count). The van der Waals surface area contributed by atoms with Crippen LogP contribution in [0.2, 0.25) is 0 Å². The quantitative estimate of drug-likeness (QED) is 0.844. The average Bonchev–Trinajstić information content (AvgIpc) is 3.13. The zero-order valence-corrected chi connectivity index (χ0v) is 12.9.